The summed E-state index contributed by atoms with van der Waals surface area (Å²) in [7, 11) is 0. The Labute approximate surface area is 121 Å². The summed E-state index contributed by atoms with van der Waals surface area (Å²) in [5, 5.41) is 9.02. The third-order valence-electron chi connectivity index (χ3n) is 3.98. The Morgan fingerprint density at radius 3 is 2.42 bits per heavy atom. The number of carbonyl (C=O) groups is 1. The lowest BCUT2D eigenvalue weighted by Crippen LogP contribution is -2.36. The zero-order chi connectivity index (χ0) is 13.0. The summed E-state index contributed by atoms with van der Waals surface area (Å²) < 4.78 is 0. The SMILES string of the molecule is CC(C(=O)O)C1CCN(Cc2ccccc2)CC1.Cl. The molecule has 0 saturated carbocycles. The van der Waals surface area contributed by atoms with Crippen molar-refractivity contribution in [1.29, 1.82) is 0 Å². The Balaban J connectivity index is 0.00000180. The molecule has 2 rings (SSSR count). The van der Waals surface area contributed by atoms with Crippen molar-refractivity contribution in [2.75, 3.05) is 13.1 Å². The van der Waals surface area contributed by atoms with Gasteiger partial charge in [-0.2, -0.15) is 0 Å². The second kappa shape index (κ2) is 7.51. The van der Waals surface area contributed by atoms with Gasteiger partial charge in [-0.3, -0.25) is 9.69 Å². The van der Waals surface area contributed by atoms with Gasteiger partial charge in [0, 0.05) is 6.54 Å². The summed E-state index contributed by atoms with van der Waals surface area (Å²) >= 11 is 0. The van der Waals surface area contributed by atoms with Crippen LogP contribution in [-0.2, 0) is 11.3 Å². The van der Waals surface area contributed by atoms with E-state index in [0.717, 1.165) is 32.5 Å². The predicted octanol–water partition coefficient (Wildman–Crippen LogP) is 3.04. The van der Waals surface area contributed by atoms with Crippen molar-refractivity contribution in [3.05, 3.63) is 35.9 Å². The molecule has 0 amide bonds. The van der Waals surface area contributed by atoms with E-state index in [0.29, 0.717) is 5.92 Å². The lowest BCUT2D eigenvalue weighted by Gasteiger charge is -2.33. The second-order valence-electron chi connectivity index (χ2n) is 5.23. The van der Waals surface area contributed by atoms with Gasteiger partial charge in [0.15, 0.2) is 0 Å². The van der Waals surface area contributed by atoms with Crippen LogP contribution in [0.25, 0.3) is 0 Å². The molecule has 19 heavy (non-hydrogen) atoms. The average molecular weight is 284 g/mol. The number of piperidine rings is 1. The normalized spacial score (nSPS) is 18.6. The van der Waals surface area contributed by atoms with E-state index in [1.54, 1.807) is 0 Å². The molecule has 1 fully saturated rings. The molecular formula is C15H22ClNO2. The van der Waals surface area contributed by atoms with Crippen molar-refractivity contribution >= 4 is 18.4 Å². The van der Waals surface area contributed by atoms with E-state index in [4.69, 9.17) is 5.11 Å². The molecule has 1 aromatic rings. The highest BCUT2D eigenvalue weighted by Crippen LogP contribution is 2.25. The first kappa shape index (κ1) is 16.0. The maximum Gasteiger partial charge on any atom is 0.306 e. The third-order valence-corrected chi connectivity index (χ3v) is 3.98. The van der Waals surface area contributed by atoms with Crippen LogP contribution in [0.4, 0.5) is 0 Å². The number of halogens is 1. The van der Waals surface area contributed by atoms with Crippen LogP contribution in [0.1, 0.15) is 25.3 Å². The van der Waals surface area contributed by atoms with Crippen LogP contribution in [0.5, 0.6) is 0 Å². The molecule has 106 valence electrons. The minimum atomic E-state index is -0.656. The fourth-order valence-corrected chi connectivity index (χ4v) is 2.65. The summed E-state index contributed by atoms with van der Waals surface area (Å²) in [4.78, 5) is 13.4. The molecule has 1 atom stereocenters. The molecule has 1 aliphatic rings. The molecule has 4 heteroatoms. The van der Waals surface area contributed by atoms with Gasteiger partial charge in [-0.15, -0.1) is 12.4 Å². The zero-order valence-corrected chi connectivity index (χ0v) is 12.1. The van der Waals surface area contributed by atoms with E-state index < -0.39 is 5.97 Å². The van der Waals surface area contributed by atoms with E-state index in [1.807, 2.05) is 13.0 Å². The minimum Gasteiger partial charge on any atom is -0.481 e. The van der Waals surface area contributed by atoms with Gasteiger partial charge in [-0.1, -0.05) is 37.3 Å². The van der Waals surface area contributed by atoms with E-state index in [-0.39, 0.29) is 18.3 Å². The van der Waals surface area contributed by atoms with Crippen LogP contribution in [-0.4, -0.2) is 29.1 Å². The predicted molar refractivity (Wildman–Crippen MR) is 78.5 cm³/mol. The molecule has 0 bridgehead atoms. The van der Waals surface area contributed by atoms with Gasteiger partial charge in [0.1, 0.15) is 0 Å². The average Bonchev–Trinajstić information content (AvgIpc) is 2.40. The van der Waals surface area contributed by atoms with Crippen LogP contribution >= 0.6 is 12.4 Å². The van der Waals surface area contributed by atoms with Gasteiger partial charge in [0.2, 0.25) is 0 Å². The Morgan fingerprint density at radius 1 is 1.32 bits per heavy atom. The van der Waals surface area contributed by atoms with E-state index in [2.05, 4.69) is 29.2 Å². The van der Waals surface area contributed by atoms with Crippen LogP contribution in [0.3, 0.4) is 0 Å². The summed E-state index contributed by atoms with van der Waals surface area (Å²) in [6.07, 6.45) is 2.00. The number of carboxylic acids is 1. The van der Waals surface area contributed by atoms with Crippen molar-refractivity contribution in [2.24, 2.45) is 11.8 Å². The highest BCUT2D eigenvalue weighted by atomic mass is 35.5. The summed E-state index contributed by atoms with van der Waals surface area (Å²) in [6, 6.07) is 10.4. The van der Waals surface area contributed by atoms with Crippen molar-refractivity contribution < 1.29 is 9.90 Å². The molecule has 0 radical (unpaired) electrons. The molecule has 1 heterocycles. The van der Waals surface area contributed by atoms with Crippen molar-refractivity contribution in [3.8, 4) is 0 Å². The number of hydrogen-bond donors (Lipinski definition) is 1. The molecule has 1 saturated heterocycles. The number of aliphatic carboxylic acids is 1. The first-order chi connectivity index (χ1) is 8.66. The van der Waals surface area contributed by atoms with Gasteiger partial charge in [-0.25, -0.2) is 0 Å². The number of nitrogens with zero attached hydrogens (tertiary/aromatic N) is 1. The smallest absolute Gasteiger partial charge is 0.306 e. The summed E-state index contributed by atoms with van der Waals surface area (Å²) in [5.74, 6) is -0.519. The van der Waals surface area contributed by atoms with Gasteiger partial charge >= 0.3 is 5.97 Å². The number of rotatable bonds is 4. The standard InChI is InChI=1S/C15H21NO2.ClH/c1-12(15(17)18)14-7-9-16(10-8-14)11-13-5-3-2-4-6-13;/h2-6,12,14H,7-11H2,1H3,(H,17,18);1H. The fourth-order valence-electron chi connectivity index (χ4n) is 2.65. The van der Waals surface area contributed by atoms with Gasteiger partial charge in [-0.05, 0) is 37.4 Å². The highest BCUT2D eigenvalue weighted by Gasteiger charge is 2.27. The molecule has 1 unspecified atom stereocenters. The maximum absolute atomic E-state index is 11.0. The topological polar surface area (TPSA) is 40.5 Å². The Kier molecular flexibility index (Phi) is 6.32. The largest absolute Gasteiger partial charge is 0.481 e. The van der Waals surface area contributed by atoms with Crippen LogP contribution in [0.15, 0.2) is 30.3 Å². The minimum absolute atomic E-state index is 0. The zero-order valence-electron chi connectivity index (χ0n) is 11.3. The summed E-state index contributed by atoms with van der Waals surface area (Å²) in [5.41, 5.74) is 1.34. The van der Waals surface area contributed by atoms with E-state index in [1.165, 1.54) is 5.56 Å². The molecule has 1 aromatic carbocycles. The van der Waals surface area contributed by atoms with Crippen LogP contribution in [0, 0.1) is 11.8 Å². The molecule has 0 spiro atoms. The molecule has 1 aliphatic heterocycles. The third kappa shape index (κ3) is 4.51. The van der Waals surface area contributed by atoms with Gasteiger partial charge in [0.05, 0.1) is 5.92 Å². The van der Waals surface area contributed by atoms with Gasteiger partial charge in [0.25, 0.3) is 0 Å². The van der Waals surface area contributed by atoms with Gasteiger partial charge < -0.3 is 5.11 Å². The Morgan fingerprint density at radius 2 is 1.89 bits per heavy atom. The molecular weight excluding hydrogens is 262 g/mol. The second-order valence-corrected chi connectivity index (χ2v) is 5.23. The Hall–Kier alpha value is -1.06. The molecule has 1 N–H and O–H groups in total. The van der Waals surface area contributed by atoms with E-state index >= 15 is 0 Å². The highest BCUT2D eigenvalue weighted by molar-refractivity contribution is 5.85. The number of carboxylic acid groups (broad SMARTS) is 1. The lowest BCUT2D eigenvalue weighted by molar-refractivity contribution is -0.143. The molecule has 3 nitrogen and oxygen atoms in total. The first-order valence-electron chi connectivity index (χ1n) is 6.66. The van der Waals surface area contributed by atoms with Crippen molar-refractivity contribution in [1.82, 2.24) is 4.90 Å². The van der Waals surface area contributed by atoms with E-state index in [9.17, 15) is 4.79 Å². The van der Waals surface area contributed by atoms with Crippen molar-refractivity contribution in [2.45, 2.75) is 26.3 Å². The quantitative estimate of drug-likeness (QED) is 0.923. The first-order valence-corrected chi connectivity index (χ1v) is 6.66. The van der Waals surface area contributed by atoms with Crippen molar-refractivity contribution in [3.63, 3.8) is 0 Å². The summed E-state index contributed by atoms with van der Waals surface area (Å²) in [6.45, 7) is 4.84. The number of benzene rings is 1. The van der Waals surface area contributed by atoms with Crippen LogP contribution < -0.4 is 0 Å². The molecule has 0 aromatic heterocycles. The number of hydrogen-bond acceptors (Lipinski definition) is 2. The monoisotopic (exact) mass is 283 g/mol. The Bertz CT molecular complexity index is 388. The fraction of sp³-hybridized carbons (Fsp3) is 0.533. The number of likely N-dealkylation sites (tertiary alicyclic amines) is 1. The maximum atomic E-state index is 11.0. The lowest BCUT2D eigenvalue weighted by atomic mass is 9.85. The van der Waals surface area contributed by atoms with Crippen LogP contribution in [0.2, 0.25) is 0 Å². The molecule has 0 aliphatic carbocycles.